The van der Waals surface area contributed by atoms with E-state index < -0.39 is 0 Å². The summed E-state index contributed by atoms with van der Waals surface area (Å²) >= 11 is 0. The van der Waals surface area contributed by atoms with Gasteiger partial charge in [0.25, 0.3) is 0 Å². The van der Waals surface area contributed by atoms with Crippen molar-refractivity contribution in [2.45, 2.75) is 71.4 Å². The van der Waals surface area contributed by atoms with Gasteiger partial charge >= 0.3 is 0 Å². The summed E-state index contributed by atoms with van der Waals surface area (Å²) in [7, 11) is 0. The second-order valence-electron chi connectivity index (χ2n) is 6.80. The third-order valence-corrected chi connectivity index (χ3v) is 4.85. The third kappa shape index (κ3) is 3.71. The Kier molecular flexibility index (Phi) is 5.50. The van der Waals surface area contributed by atoms with Gasteiger partial charge in [-0.1, -0.05) is 27.2 Å². The molecule has 2 nitrogen and oxygen atoms in total. The van der Waals surface area contributed by atoms with Crippen molar-refractivity contribution in [2.75, 3.05) is 19.6 Å². The first-order valence-electron chi connectivity index (χ1n) is 8.18. The topological polar surface area (TPSA) is 15.3 Å². The molecule has 2 heteroatoms. The van der Waals surface area contributed by atoms with Crippen molar-refractivity contribution in [3.8, 4) is 0 Å². The lowest BCUT2D eigenvalue weighted by Crippen LogP contribution is -2.52. The van der Waals surface area contributed by atoms with Gasteiger partial charge in [0.1, 0.15) is 0 Å². The Balaban J connectivity index is 1.80. The van der Waals surface area contributed by atoms with Crippen molar-refractivity contribution in [3.63, 3.8) is 0 Å². The first kappa shape index (κ1) is 14.3. The van der Waals surface area contributed by atoms with Crippen LogP contribution in [-0.4, -0.2) is 36.6 Å². The quantitative estimate of drug-likeness (QED) is 0.780. The maximum atomic E-state index is 3.76. The van der Waals surface area contributed by atoms with E-state index in [1.807, 2.05) is 0 Å². The Morgan fingerprint density at radius 3 is 2.50 bits per heavy atom. The van der Waals surface area contributed by atoms with E-state index in [-0.39, 0.29) is 0 Å². The maximum Gasteiger partial charge on any atom is 0.0195 e. The first-order chi connectivity index (χ1) is 8.70. The van der Waals surface area contributed by atoms with Gasteiger partial charge in [-0.15, -0.1) is 0 Å². The van der Waals surface area contributed by atoms with E-state index >= 15 is 0 Å². The molecule has 2 rings (SSSR count). The summed E-state index contributed by atoms with van der Waals surface area (Å²) in [5.74, 6) is 1.79. The zero-order valence-electron chi connectivity index (χ0n) is 12.6. The molecule has 2 unspecified atom stereocenters. The monoisotopic (exact) mass is 252 g/mol. The van der Waals surface area contributed by atoms with Crippen LogP contribution in [0.1, 0.15) is 59.3 Å². The first-order valence-corrected chi connectivity index (χ1v) is 8.18. The van der Waals surface area contributed by atoms with Crippen LogP contribution in [0.15, 0.2) is 0 Å². The van der Waals surface area contributed by atoms with Gasteiger partial charge in [0.2, 0.25) is 0 Å². The molecule has 0 spiro atoms. The highest BCUT2D eigenvalue weighted by Crippen LogP contribution is 2.34. The van der Waals surface area contributed by atoms with E-state index in [0.29, 0.717) is 0 Å². The van der Waals surface area contributed by atoms with E-state index in [0.717, 1.165) is 23.9 Å². The molecular formula is C16H32N2. The van der Waals surface area contributed by atoms with Crippen molar-refractivity contribution >= 4 is 0 Å². The van der Waals surface area contributed by atoms with Crippen LogP contribution in [0.2, 0.25) is 0 Å². The number of likely N-dealkylation sites (tertiary alicyclic amines) is 1. The lowest BCUT2D eigenvalue weighted by molar-refractivity contribution is 0.0624. The summed E-state index contributed by atoms with van der Waals surface area (Å²) in [6, 6.07) is 1.62. The number of hydrogen-bond acceptors (Lipinski definition) is 2. The molecule has 1 saturated heterocycles. The lowest BCUT2D eigenvalue weighted by Gasteiger charge is -2.44. The highest BCUT2D eigenvalue weighted by atomic mass is 15.2. The number of piperidine rings is 1. The summed E-state index contributed by atoms with van der Waals surface area (Å²) in [5, 5.41) is 3.76. The zero-order valence-corrected chi connectivity index (χ0v) is 12.6. The van der Waals surface area contributed by atoms with Crippen molar-refractivity contribution < 1.29 is 0 Å². The van der Waals surface area contributed by atoms with Crippen LogP contribution in [0.4, 0.5) is 0 Å². The Labute approximate surface area is 114 Å². The van der Waals surface area contributed by atoms with Gasteiger partial charge in [-0.25, -0.2) is 0 Å². The van der Waals surface area contributed by atoms with Gasteiger partial charge in [-0.05, 0) is 57.0 Å². The maximum absolute atomic E-state index is 3.76. The van der Waals surface area contributed by atoms with Crippen LogP contribution >= 0.6 is 0 Å². The molecule has 0 aromatic rings. The second kappa shape index (κ2) is 6.91. The van der Waals surface area contributed by atoms with E-state index in [2.05, 4.69) is 31.0 Å². The summed E-state index contributed by atoms with van der Waals surface area (Å²) in [6.45, 7) is 10.8. The van der Waals surface area contributed by atoms with Crippen LogP contribution in [-0.2, 0) is 0 Å². The van der Waals surface area contributed by atoms with Crippen LogP contribution < -0.4 is 5.32 Å². The van der Waals surface area contributed by atoms with Gasteiger partial charge < -0.3 is 5.32 Å². The Hall–Kier alpha value is -0.0800. The average Bonchev–Trinajstić information content (AvgIpc) is 2.31. The number of hydrogen-bond donors (Lipinski definition) is 1. The van der Waals surface area contributed by atoms with Gasteiger partial charge in [0, 0.05) is 18.6 Å². The SMILES string of the molecule is CCC(C1CCC1)N1CCCC(NCC(C)C)C1. The molecule has 0 bridgehead atoms. The van der Waals surface area contributed by atoms with Crippen molar-refractivity contribution in [3.05, 3.63) is 0 Å². The lowest BCUT2D eigenvalue weighted by atomic mass is 9.77. The number of nitrogens with zero attached hydrogens (tertiary/aromatic N) is 1. The van der Waals surface area contributed by atoms with Gasteiger partial charge in [0.05, 0.1) is 0 Å². The summed E-state index contributed by atoms with van der Waals surface area (Å²) in [4.78, 5) is 2.80. The minimum absolute atomic E-state index is 0.746. The Bertz CT molecular complexity index is 235. The molecule has 2 atom stereocenters. The van der Waals surface area contributed by atoms with Crippen LogP contribution in [0.3, 0.4) is 0 Å². The third-order valence-electron chi connectivity index (χ3n) is 4.85. The Morgan fingerprint density at radius 1 is 1.17 bits per heavy atom. The van der Waals surface area contributed by atoms with E-state index in [1.54, 1.807) is 0 Å². The fourth-order valence-electron chi connectivity index (χ4n) is 3.59. The van der Waals surface area contributed by atoms with E-state index in [9.17, 15) is 0 Å². The standard InChI is InChI=1S/C16H32N2/c1-4-16(14-7-5-8-14)18-10-6-9-15(12-18)17-11-13(2)3/h13-17H,4-12H2,1-3H3. The predicted molar refractivity (Wildman–Crippen MR) is 78.9 cm³/mol. The van der Waals surface area contributed by atoms with E-state index in [4.69, 9.17) is 0 Å². The second-order valence-corrected chi connectivity index (χ2v) is 6.80. The minimum Gasteiger partial charge on any atom is -0.312 e. The normalized spacial score (nSPS) is 28.3. The molecule has 1 heterocycles. The molecule has 0 radical (unpaired) electrons. The highest BCUT2D eigenvalue weighted by molar-refractivity contribution is 4.88. The molecule has 1 saturated carbocycles. The van der Waals surface area contributed by atoms with Gasteiger partial charge in [-0.3, -0.25) is 4.90 Å². The zero-order chi connectivity index (χ0) is 13.0. The van der Waals surface area contributed by atoms with Crippen molar-refractivity contribution in [1.29, 1.82) is 0 Å². The summed E-state index contributed by atoms with van der Waals surface area (Å²) < 4.78 is 0. The van der Waals surface area contributed by atoms with Crippen molar-refractivity contribution in [2.24, 2.45) is 11.8 Å². The molecule has 1 N–H and O–H groups in total. The van der Waals surface area contributed by atoms with Crippen LogP contribution in [0, 0.1) is 11.8 Å². The van der Waals surface area contributed by atoms with Crippen LogP contribution in [0.25, 0.3) is 0 Å². The fourth-order valence-corrected chi connectivity index (χ4v) is 3.59. The molecule has 1 aliphatic heterocycles. The summed E-state index contributed by atoms with van der Waals surface area (Å²) in [6.07, 6.45) is 8.56. The van der Waals surface area contributed by atoms with Gasteiger partial charge in [0.15, 0.2) is 0 Å². The van der Waals surface area contributed by atoms with E-state index in [1.165, 1.54) is 58.2 Å². The molecule has 0 aromatic carbocycles. The molecule has 106 valence electrons. The van der Waals surface area contributed by atoms with Gasteiger partial charge in [-0.2, -0.15) is 0 Å². The molecule has 1 aliphatic carbocycles. The fraction of sp³-hybridized carbons (Fsp3) is 1.00. The molecule has 0 aromatic heterocycles. The highest BCUT2D eigenvalue weighted by Gasteiger charge is 2.32. The predicted octanol–water partition coefficient (Wildman–Crippen LogP) is 3.28. The molecule has 18 heavy (non-hydrogen) atoms. The molecule has 2 fully saturated rings. The van der Waals surface area contributed by atoms with Crippen LogP contribution in [0.5, 0.6) is 0 Å². The molecular weight excluding hydrogens is 220 g/mol. The smallest absolute Gasteiger partial charge is 0.0195 e. The number of rotatable bonds is 6. The van der Waals surface area contributed by atoms with Crippen molar-refractivity contribution in [1.82, 2.24) is 10.2 Å². The summed E-state index contributed by atoms with van der Waals surface area (Å²) in [5.41, 5.74) is 0. The largest absolute Gasteiger partial charge is 0.312 e. The average molecular weight is 252 g/mol. The Morgan fingerprint density at radius 2 is 1.94 bits per heavy atom. The molecule has 0 amide bonds. The molecule has 2 aliphatic rings. The number of nitrogens with one attached hydrogen (secondary N) is 1. The minimum atomic E-state index is 0.746.